The second-order valence-electron chi connectivity index (χ2n) is 15.5. The van der Waals surface area contributed by atoms with Crippen LogP contribution in [0.4, 0.5) is 8.78 Å². The van der Waals surface area contributed by atoms with Crippen LogP contribution in [0, 0.1) is 11.6 Å². The lowest BCUT2D eigenvalue weighted by atomic mass is 10.0. The first-order valence-corrected chi connectivity index (χ1v) is 21.9. The van der Waals surface area contributed by atoms with Gasteiger partial charge in [-0.05, 0) is 24.6 Å². The number of carbonyl (C=O) groups is 7. The van der Waals surface area contributed by atoms with E-state index in [4.69, 9.17) is 33.5 Å². The molecule has 6 N–H and O–H groups in total. The van der Waals surface area contributed by atoms with Crippen LogP contribution < -0.4 is 24.3 Å². The minimum atomic E-state index is -1.94. The van der Waals surface area contributed by atoms with Gasteiger partial charge in [-0.1, -0.05) is 0 Å². The number of benzene rings is 2. The molecule has 1 aromatic heterocycles. The number of rotatable bonds is 26. The van der Waals surface area contributed by atoms with Crippen LogP contribution in [0.15, 0.2) is 30.4 Å². The fourth-order valence-electron chi connectivity index (χ4n) is 6.84. The number of ether oxygens (including phenoxy) is 6. The monoisotopic (exact) mass is 979 g/mol. The van der Waals surface area contributed by atoms with Gasteiger partial charge in [-0.2, -0.15) is 0 Å². The van der Waals surface area contributed by atoms with E-state index >= 15 is 8.78 Å². The molecule has 0 saturated heterocycles. The molecule has 3 heterocycles. The van der Waals surface area contributed by atoms with Gasteiger partial charge in [-0.15, -0.1) is 11.3 Å². The van der Waals surface area contributed by atoms with E-state index in [1.165, 1.54) is 44.2 Å². The largest absolute Gasteiger partial charge is 0.493 e. The number of aliphatic hydroxyl groups excluding tert-OH is 5. The molecule has 0 bridgehead atoms. The van der Waals surface area contributed by atoms with Crippen molar-refractivity contribution in [2.24, 2.45) is 0 Å². The first-order chi connectivity index (χ1) is 32.4. The number of Topliss-reactive ketones (excluding diaryl/α,β-unsaturated/α-hetero) is 1. The first kappa shape index (κ1) is 52.7. The summed E-state index contributed by atoms with van der Waals surface area (Å²) in [5.41, 5.74) is 0.649. The van der Waals surface area contributed by atoms with Crippen molar-refractivity contribution < 1.29 is 96.3 Å². The van der Waals surface area contributed by atoms with Crippen LogP contribution in [0.3, 0.4) is 0 Å². The molecule has 21 nitrogen and oxygen atoms in total. The Labute approximate surface area is 390 Å². The van der Waals surface area contributed by atoms with Crippen molar-refractivity contribution in [3.05, 3.63) is 58.0 Å². The number of halogens is 2. The summed E-state index contributed by atoms with van der Waals surface area (Å²) in [5.74, 6) is -6.51. The average Bonchev–Trinajstić information content (AvgIpc) is 4.05. The van der Waals surface area contributed by atoms with E-state index in [1.54, 1.807) is 0 Å². The highest BCUT2D eigenvalue weighted by molar-refractivity contribution is 7.20. The Bertz CT molecular complexity index is 2390. The molecule has 24 heteroatoms. The summed E-state index contributed by atoms with van der Waals surface area (Å²) in [6.07, 6.45) is -7.32. The number of carbonyl (C=O) groups excluding carboxylic acids is 7. The summed E-state index contributed by atoms with van der Waals surface area (Å²) in [7, 11) is 2.60. The highest BCUT2D eigenvalue weighted by Gasteiger charge is 2.33. The zero-order chi connectivity index (χ0) is 49.8. The van der Waals surface area contributed by atoms with Gasteiger partial charge in [-0.25, -0.2) is 8.78 Å². The Morgan fingerprint density at radius 1 is 0.809 bits per heavy atom. The molecule has 2 aliphatic heterocycles. The van der Waals surface area contributed by atoms with Crippen molar-refractivity contribution in [1.82, 2.24) is 15.1 Å². The third-order valence-electron chi connectivity index (χ3n) is 10.6. The summed E-state index contributed by atoms with van der Waals surface area (Å²) in [6.45, 7) is -1.09. The zero-order valence-electron chi connectivity index (χ0n) is 37.1. The fourth-order valence-corrected chi connectivity index (χ4v) is 7.90. The van der Waals surface area contributed by atoms with Gasteiger partial charge in [0.05, 0.1) is 58.3 Å². The molecule has 370 valence electrons. The number of thiophene rings is 1. The normalized spacial score (nSPS) is 15.4. The smallest absolute Gasteiger partial charge is 0.306 e. The SMILES string of the molecule is COc1cc2c(c(F)c1OCCCOc1c(OC)cc3sc(C(=O)CCC(=O)OC[C@@H](O)[C@@H](O)[C@H](O)[C@H](O)CO)cc3c1F)CN(C(=O)CCC(=O)O[C@@H](C)CNC(=O)CN1C(=O)C=CC1=O)C2. The summed E-state index contributed by atoms with van der Waals surface area (Å²) >= 11 is 0.938. The molecule has 4 amide bonds. The Morgan fingerprint density at radius 2 is 1.43 bits per heavy atom. The lowest BCUT2D eigenvalue weighted by Gasteiger charge is -2.25. The van der Waals surface area contributed by atoms with E-state index in [9.17, 15) is 54.0 Å². The van der Waals surface area contributed by atoms with Gasteiger partial charge in [0, 0.05) is 66.2 Å². The number of esters is 2. The van der Waals surface area contributed by atoms with Crippen LogP contribution in [-0.4, -0.2) is 161 Å². The highest BCUT2D eigenvalue weighted by atomic mass is 32.1. The number of nitrogens with zero attached hydrogens (tertiary/aromatic N) is 2. The van der Waals surface area contributed by atoms with Crippen LogP contribution in [-0.2, 0) is 51.3 Å². The molecule has 0 aliphatic carbocycles. The number of ketones is 1. The van der Waals surface area contributed by atoms with E-state index in [2.05, 4.69) is 5.32 Å². The van der Waals surface area contributed by atoms with Gasteiger partial charge in [0.1, 0.15) is 43.7 Å². The number of amides is 4. The van der Waals surface area contributed by atoms with E-state index in [0.717, 1.165) is 28.4 Å². The van der Waals surface area contributed by atoms with E-state index < -0.39 is 110 Å². The lowest BCUT2D eigenvalue weighted by molar-refractivity contribution is -0.156. The van der Waals surface area contributed by atoms with Crippen LogP contribution in [0.2, 0.25) is 0 Å². The van der Waals surface area contributed by atoms with E-state index in [1.807, 2.05) is 0 Å². The Balaban J connectivity index is 1.07. The molecule has 68 heavy (non-hydrogen) atoms. The molecular weight excluding hydrogens is 929 g/mol. The Hall–Kier alpha value is -6.31. The maximum absolute atomic E-state index is 15.9. The number of methoxy groups -OCH3 is 2. The first-order valence-electron chi connectivity index (χ1n) is 21.1. The van der Waals surface area contributed by atoms with Gasteiger partial charge >= 0.3 is 11.9 Å². The maximum Gasteiger partial charge on any atom is 0.306 e. The molecule has 5 rings (SSSR count). The summed E-state index contributed by atoms with van der Waals surface area (Å²) in [6, 6.07) is 4.30. The predicted octanol–water partition coefficient (Wildman–Crippen LogP) is 0.582. The molecule has 3 aromatic rings. The van der Waals surface area contributed by atoms with E-state index in [0.29, 0.717) is 10.3 Å². The number of hydrogen-bond acceptors (Lipinski definition) is 19. The molecule has 5 atom stereocenters. The summed E-state index contributed by atoms with van der Waals surface area (Å²) < 4.78 is 64.3. The number of nitrogens with one attached hydrogen (secondary N) is 1. The highest BCUT2D eigenvalue weighted by Crippen LogP contribution is 2.41. The maximum atomic E-state index is 15.9. The van der Waals surface area contributed by atoms with Gasteiger partial charge < -0.3 is 64.2 Å². The Morgan fingerprint density at radius 3 is 2.07 bits per heavy atom. The third kappa shape index (κ3) is 13.2. The molecular formula is C44H51F2N3O18S. The van der Waals surface area contributed by atoms with Crippen molar-refractivity contribution in [1.29, 1.82) is 0 Å². The summed E-state index contributed by atoms with van der Waals surface area (Å²) in [5, 5.41) is 50.3. The van der Waals surface area contributed by atoms with Crippen LogP contribution in [0.5, 0.6) is 23.0 Å². The van der Waals surface area contributed by atoms with Crippen LogP contribution in [0.1, 0.15) is 59.8 Å². The number of imide groups is 1. The average molecular weight is 980 g/mol. The number of fused-ring (bicyclic) bond motifs is 2. The number of aliphatic hydroxyl groups is 5. The van der Waals surface area contributed by atoms with Gasteiger partial charge in [-0.3, -0.25) is 38.5 Å². The minimum absolute atomic E-state index is 0.0161. The van der Waals surface area contributed by atoms with Crippen molar-refractivity contribution in [2.75, 3.05) is 53.7 Å². The van der Waals surface area contributed by atoms with Crippen molar-refractivity contribution in [3.8, 4) is 23.0 Å². The van der Waals surface area contributed by atoms with Crippen molar-refractivity contribution in [3.63, 3.8) is 0 Å². The molecule has 0 unspecified atom stereocenters. The molecule has 0 fully saturated rings. The van der Waals surface area contributed by atoms with Gasteiger partial charge in [0.15, 0.2) is 40.4 Å². The van der Waals surface area contributed by atoms with Gasteiger partial charge in [0.25, 0.3) is 11.8 Å². The standard InChI is InChI=1S/C44H51F2N3O18S/c1-22(16-47-33(54)19-49-35(56)6-7-36(49)57)67-38(59)10-8-34(55)48-17-23-13-29(62-2)43(40(46)25(23)18-48)64-11-4-12-65-44-30(63-3)15-31-24(39(44)45)14-32(68-31)26(51)5-9-37(58)66-21-28(53)42(61)41(60)27(52)20-50/h6-7,13-15,22,27-28,41-42,50,52-53,60-61H,4-5,8-12,16-21H2,1-3H3,(H,47,54)/t22-,27+,28+,41+,42+/m0/s1. The third-order valence-corrected chi connectivity index (χ3v) is 11.7. The molecule has 2 aromatic carbocycles. The fraction of sp³-hybridized carbons (Fsp3) is 0.477. The van der Waals surface area contributed by atoms with E-state index in [-0.39, 0.29) is 97.4 Å². The second kappa shape index (κ2) is 24.1. The number of hydrogen-bond donors (Lipinski definition) is 6. The topological polar surface area (TPSA) is 295 Å². The van der Waals surface area contributed by atoms with Gasteiger partial charge in [0.2, 0.25) is 11.8 Å². The second-order valence-corrected chi connectivity index (χ2v) is 16.6. The minimum Gasteiger partial charge on any atom is -0.493 e. The molecule has 2 aliphatic rings. The summed E-state index contributed by atoms with van der Waals surface area (Å²) in [4.78, 5) is 88.3. The quantitative estimate of drug-likeness (QED) is 0.0278. The molecule has 0 radical (unpaired) electrons. The predicted molar refractivity (Wildman–Crippen MR) is 230 cm³/mol. The zero-order valence-corrected chi connectivity index (χ0v) is 37.9. The molecule has 0 saturated carbocycles. The van der Waals surface area contributed by atoms with Crippen molar-refractivity contribution in [2.45, 2.75) is 82.6 Å². The Kier molecular flexibility index (Phi) is 18.7. The van der Waals surface area contributed by atoms with Crippen molar-refractivity contribution >= 4 is 62.8 Å². The lowest BCUT2D eigenvalue weighted by Crippen LogP contribution is -2.47. The molecule has 0 spiro atoms. The van der Waals surface area contributed by atoms with Crippen LogP contribution in [0.25, 0.3) is 10.1 Å². The van der Waals surface area contributed by atoms with Crippen LogP contribution >= 0.6 is 11.3 Å².